The number of rotatable bonds is 8. The summed E-state index contributed by atoms with van der Waals surface area (Å²) in [5.41, 5.74) is 0.969. The van der Waals surface area contributed by atoms with Gasteiger partial charge >= 0.3 is 5.97 Å². The number of nitrogens with one attached hydrogen (secondary N) is 1. The molecule has 0 bridgehead atoms. The first-order valence-corrected chi connectivity index (χ1v) is 6.68. The molecular weight excluding hydrogens is 258 g/mol. The van der Waals surface area contributed by atoms with Gasteiger partial charge in [-0.2, -0.15) is 0 Å². The number of amides is 1. The van der Waals surface area contributed by atoms with Gasteiger partial charge in [-0.3, -0.25) is 4.79 Å². The number of carboxylic acid groups (broad SMARTS) is 1. The van der Waals surface area contributed by atoms with E-state index in [1.807, 2.05) is 37.3 Å². The zero-order valence-electron chi connectivity index (χ0n) is 11.8. The molecule has 0 aliphatic carbocycles. The fraction of sp³-hybridized carbons (Fsp3) is 0.467. The Morgan fingerprint density at radius 1 is 1.30 bits per heavy atom. The fourth-order valence-corrected chi connectivity index (χ4v) is 1.73. The van der Waals surface area contributed by atoms with E-state index in [0.29, 0.717) is 13.0 Å². The average molecular weight is 279 g/mol. The van der Waals surface area contributed by atoms with Crippen molar-refractivity contribution < 1.29 is 19.4 Å². The lowest BCUT2D eigenvalue weighted by Gasteiger charge is -2.20. The van der Waals surface area contributed by atoms with E-state index >= 15 is 0 Å². The van der Waals surface area contributed by atoms with Crippen LogP contribution in [0.1, 0.15) is 25.8 Å². The van der Waals surface area contributed by atoms with Gasteiger partial charge in [0.1, 0.15) is 12.6 Å². The Kier molecular flexibility index (Phi) is 6.73. The lowest BCUT2D eigenvalue weighted by Crippen LogP contribution is -2.46. The van der Waals surface area contributed by atoms with Crippen molar-refractivity contribution >= 4 is 11.9 Å². The number of carboxylic acids is 1. The third-order valence-corrected chi connectivity index (χ3v) is 3.14. The number of hydrogen-bond donors (Lipinski definition) is 2. The fourth-order valence-electron chi connectivity index (χ4n) is 1.73. The third-order valence-electron chi connectivity index (χ3n) is 3.14. The van der Waals surface area contributed by atoms with Crippen LogP contribution in [0.2, 0.25) is 0 Å². The largest absolute Gasteiger partial charge is 0.480 e. The van der Waals surface area contributed by atoms with Crippen LogP contribution >= 0.6 is 0 Å². The topological polar surface area (TPSA) is 75.6 Å². The van der Waals surface area contributed by atoms with Crippen LogP contribution in [0.25, 0.3) is 0 Å². The summed E-state index contributed by atoms with van der Waals surface area (Å²) in [6.07, 6.45) is 0.683. The number of ether oxygens (including phenoxy) is 1. The van der Waals surface area contributed by atoms with Crippen molar-refractivity contribution in [2.75, 3.05) is 6.61 Å². The molecule has 2 atom stereocenters. The second-order valence-electron chi connectivity index (χ2n) is 4.75. The number of benzene rings is 1. The van der Waals surface area contributed by atoms with E-state index in [2.05, 4.69) is 5.32 Å². The Balaban J connectivity index is 2.37. The Bertz CT molecular complexity index is 433. The molecule has 5 heteroatoms. The number of hydrogen-bond acceptors (Lipinski definition) is 3. The van der Waals surface area contributed by atoms with Crippen molar-refractivity contribution in [3.63, 3.8) is 0 Å². The van der Waals surface area contributed by atoms with Crippen molar-refractivity contribution in [2.45, 2.75) is 32.9 Å². The summed E-state index contributed by atoms with van der Waals surface area (Å²) >= 11 is 0. The van der Waals surface area contributed by atoms with Crippen LogP contribution in [-0.2, 0) is 20.9 Å². The van der Waals surface area contributed by atoms with Crippen LogP contribution in [0.5, 0.6) is 0 Å². The Hall–Kier alpha value is -1.88. The van der Waals surface area contributed by atoms with E-state index in [1.54, 1.807) is 6.92 Å². The second kappa shape index (κ2) is 8.32. The van der Waals surface area contributed by atoms with Gasteiger partial charge in [0.25, 0.3) is 0 Å². The van der Waals surface area contributed by atoms with Gasteiger partial charge in [-0.05, 0) is 11.5 Å². The molecule has 0 saturated carbocycles. The zero-order valence-corrected chi connectivity index (χ0v) is 11.8. The molecule has 0 aliphatic rings. The Morgan fingerprint density at radius 3 is 2.50 bits per heavy atom. The van der Waals surface area contributed by atoms with Gasteiger partial charge < -0.3 is 15.2 Å². The van der Waals surface area contributed by atoms with E-state index < -0.39 is 17.9 Å². The van der Waals surface area contributed by atoms with E-state index in [-0.39, 0.29) is 12.5 Å². The molecule has 0 radical (unpaired) electrons. The maximum absolute atomic E-state index is 11.7. The van der Waals surface area contributed by atoms with E-state index in [9.17, 15) is 9.59 Å². The molecule has 0 aromatic heterocycles. The van der Waals surface area contributed by atoms with E-state index in [4.69, 9.17) is 9.84 Å². The molecule has 2 unspecified atom stereocenters. The van der Waals surface area contributed by atoms with Crippen LogP contribution < -0.4 is 5.32 Å². The molecule has 1 amide bonds. The monoisotopic (exact) mass is 279 g/mol. The maximum atomic E-state index is 11.7. The Morgan fingerprint density at radius 2 is 1.95 bits per heavy atom. The van der Waals surface area contributed by atoms with Crippen LogP contribution in [0.3, 0.4) is 0 Å². The van der Waals surface area contributed by atoms with Gasteiger partial charge in [0.2, 0.25) is 5.91 Å². The standard InChI is InChI=1S/C15H21NO4/c1-3-11(2)14(15(18)19)16-13(17)10-20-9-12-7-5-4-6-8-12/h4-8,11,14H,3,9-10H2,1-2H3,(H,16,17)(H,18,19). The van der Waals surface area contributed by atoms with Gasteiger partial charge in [-0.25, -0.2) is 4.79 Å². The summed E-state index contributed by atoms with van der Waals surface area (Å²) in [4.78, 5) is 22.7. The minimum absolute atomic E-state index is 0.120. The van der Waals surface area contributed by atoms with Gasteiger partial charge in [-0.1, -0.05) is 50.6 Å². The quantitative estimate of drug-likeness (QED) is 0.761. The minimum atomic E-state index is -1.02. The molecule has 2 N–H and O–H groups in total. The zero-order chi connectivity index (χ0) is 15.0. The lowest BCUT2D eigenvalue weighted by molar-refractivity contribution is -0.144. The Labute approximate surface area is 118 Å². The van der Waals surface area contributed by atoms with Crippen LogP contribution in [-0.4, -0.2) is 29.6 Å². The normalized spacial score (nSPS) is 13.5. The highest BCUT2D eigenvalue weighted by atomic mass is 16.5. The van der Waals surface area contributed by atoms with Crippen molar-refractivity contribution in [1.29, 1.82) is 0 Å². The summed E-state index contributed by atoms with van der Waals surface area (Å²) in [7, 11) is 0. The van der Waals surface area contributed by atoms with Crippen molar-refractivity contribution in [1.82, 2.24) is 5.32 Å². The average Bonchev–Trinajstić information content (AvgIpc) is 2.45. The molecule has 1 aromatic rings. The molecular formula is C15H21NO4. The van der Waals surface area contributed by atoms with Gasteiger partial charge in [-0.15, -0.1) is 0 Å². The summed E-state index contributed by atoms with van der Waals surface area (Å²) in [6, 6.07) is 8.62. The first kappa shape index (κ1) is 16.2. The molecule has 0 spiro atoms. The summed E-state index contributed by atoms with van der Waals surface area (Å²) < 4.78 is 5.27. The number of carbonyl (C=O) groups excluding carboxylic acids is 1. The minimum Gasteiger partial charge on any atom is -0.480 e. The first-order chi connectivity index (χ1) is 9.54. The summed E-state index contributed by atoms with van der Waals surface area (Å²) in [6.45, 7) is 3.87. The second-order valence-corrected chi connectivity index (χ2v) is 4.75. The molecule has 0 fully saturated rings. The molecule has 1 rings (SSSR count). The van der Waals surface area contributed by atoms with Crippen LogP contribution in [0.15, 0.2) is 30.3 Å². The van der Waals surface area contributed by atoms with Crippen LogP contribution in [0.4, 0.5) is 0 Å². The first-order valence-electron chi connectivity index (χ1n) is 6.68. The predicted molar refractivity (Wildman–Crippen MR) is 75.1 cm³/mol. The highest BCUT2D eigenvalue weighted by molar-refractivity contribution is 5.84. The number of aliphatic carboxylic acids is 1. The van der Waals surface area contributed by atoms with E-state index in [1.165, 1.54) is 0 Å². The van der Waals surface area contributed by atoms with Crippen molar-refractivity contribution in [3.05, 3.63) is 35.9 Å². The van der Waals surface area contributed by atoms with Crippen molar-refractivity contribution in [3.8, 4) is 0 Å². The van der Waals surface area contributed by atoms with Crippen LogP contribution in [0, 0.1) is 5.92 Å². The SMILES string of the molecule is CCC(C)C(NC(=O)COCc1ccccc1)C(=O)O. The predicted octanol–water partition coefficient (Wildman–Crippen LogP) is 1.82. The lowest BCUT2D eigenvalue weighted by atomic mass is 9.99. The van der Waals surface area contributed by atoms with Gasteiger partial charge in [0.05, 0.1) is 6.61 Å². The van der Waals surface area contributed by atoms with E-state index in [0.717, 1.165) is 5.56 Å². The molecule has 20 heavy (non-hydrogen) atoms. The van der Waals surface area contributed by atoms with Gasteiger partial charge in [0, 0.05) is 0 Å². The molecule has 0 saturated heterocycles. The maximum Gasteiger partial charge on any atom is 0.326 e. The molecule has 0 heterocycles. The molecule has 1 aromatic carbocycles. The summed E-state index contributed by atoms with van der Waals surface area (Å²) in [5, 5.41) is 11.6. The smallest absolute Gasteiger partial charge is 0.326 e. The molecule has 5 nitrogen and oxygen atoms in total. The summed E-state index contributed by atoms with van der Waals surface area (Å²) in [5.74, 6) is -1.55. The molecule has 0 aliphatic heterocycles. The third kappa shape index (κ3) is 5.40. The highest BCUT2D eigenvalue weighted by Gasteiger charge is 2.25. The molecule has 110 valence electrons. The van der Waals surface area contributed by atoms with Crippen molar-refractivity contribution in [2.24, 2.45) is 5.92 Å². The van der Waals surface area contributed by atoms with Gasteiger partial charge in [0.15, 0.2) is 0 Å². The number of carbonyl (C=O) groups is 2. The highest BCUT2D eigenvalue weighted by Crippen LogP contribution is 2.08.